The number of carbonyl (C=O) groups excluding carboxylic acids is 1. The summed E-state index contributed by atoms with van der Waals surface area (Å²) in [6, 6.07) is 6.69. The molecule has 0 aromatic heterocycles. The Bertz CT molecular complexity index is 581. The molecule has 0 aliphatic carbocycles. The smallest absolute Gasteiger partial charge is 0.394 e. The van der Waals surface area contributed by atoms with Crippen molar-refractivity contribution in [1.29, 1.82) is 0 Å². The summed E-state index contributed by atoms with van der Waals surface area (Å²) < 4.78 is 0. The van der Waals surface area contributed by atoms with E-state index in [0.717, 1.165) is 4.90 Å². The topological polar surface area (TPSA) is 104 Å². The molecule has 0 saturated carbocycles. The molecule has 1 rings (SSSR count). The maximum absolute atomic E-state index is 11.0. The minimum atomic E-state index is -1.70. The molecule has 3 N–H and O–H groups in total. The molecule has 0 aliphatic rings. The Morgan fingerprint density at radius 3 is 2.13 bits per heavy atom. The van der Waals surface area contributed by atoms with Gasteiger partial charge in [-0.3, -0.25) is 4.79 Å². The standard InChI is InChI=1S/C15H19NO5S2/c1-15(2,3)9-4-6-10(7-5-9)23-22-8-11(13(18)19)16-12(17)14(20)21/h4-7,11H,8H2,1-3H3,(H,16,17)(H,18,19)(H,20,21)/t11-/m0/s1. The fourth-order valence-electron chi connectivity index (χ4n) is 1.58. The SMILES string of the molecule is CC(C)(C)c1ccc(SSC[C@H](NC(=O)C(=O)O)C(=O)O)cc1. The van der Waals surface area contributed by atoms with Crippen molar-refractivity contribution in [3.05, 3.63) is 29.8 Å². The molecular formula is C15H19NO5S2. The molecule has 1 aromatic carbocycles. The van der Waals surface area contributed by atoms with Gasteiger partial charge < -0.3 is 15.5 Å². The first-order chi connectivity index (χ1) is 10.6. The maximum atomic E-state index is 11.0. The van der Waals surface area contributed by atoms with Gasteiger partial charge in [-0.1, -0.05) is 54.5 Å². The van der Waals surface area contributed by atoms with Crippen LogP contribution in [0.1, 0.15) is 26.3 Å². The van der Waals surface area contributed by atoms with E-state index in [0.29, 0.717) is 0 Å². The highest BCUT2D eigenvalue weighted by Crippen LogP contribution is 2.33. The van der Waals surface area contributed by atoms with Crippen LogP contribution in [0.2, 0.25) is 0 Å². The van der Waals surface area contributed by atoms with E-state index >= 15 is 0 Å². The van der Waals surface area contributed by atoms with E-state index in [1.807, 2.05) is 29.6 Å². The summed E-state index contributed by atoms with van der Waals surface area (Å²) in [5, 5.41) is 19.4. The quantitative estimate of drug-likeness (QED) is 0.530. The monoisotopic (exact) mass is 357 g/mol. The van der Waals surface area contributed by atoms with E-state index < -0.39 is 23.9 Å². The highest BCUT2D eigenvalue weighted by Gasteiger charge is 2.23. The summed E-state index contributed by atoms with van der Waals surface area (Å²) in [6.45, 7) is 6.35. The number of nitrogens with one attached hydrogen (secondary N) is 1. The molecule has 1 amide bonds. The van der Waals surface area contributed by atoms with Crippen molar-refractivity contribution in [1.82, 2.24) is 5.32 Å². The van der Waals surface area contributed by atoms with Gasteiger partial charge in [-0.25, -0.2) is 9.59 Å². The van der Waals surface area contributed by atoms with Crippen LogP contribution < -0.4 is 5.32 Å². The zero-order chi connectivity index (χ0) is 17.6. The second-order valence-electron chi connectivity index (χ2n) is 5.81. The van der Waals surface area contributed by atoms with E-state index in [9.17, 15) is 14.4 Å². The van der Waals surface area contributed by atoms with E-state index in [1.54, 1.807) is 0 Å². The van der Waals surface area contributed by atoms with Gasteiger partial charge in [0.15, 0.2) is 0 Å². The first-order valence-electron chi connectivity index (χ1n) is 6.78. The van der Waals surface area contributed by atoms with Crippen LogP contribution in [-0.2, 0) is 19.8 Å². The summed E-state index contributed by atoms with van der Waals surface area (Å²) in [5.41, 5.74) is 1.26. The van der Waals surface area contributed by atoms with Crippen LogP contribution in [0.15, 0.2) is 29.2 Å². The number of benzene rings is 1. The van der Waals surface area contributed by atoms with E-state index in [1.165, 1.54) is 27.2 Å². The molecule has 0 heterocycles. The summed E-state index contributed by atoms with van der Waals surface area (Å²) in [5.74, 6) is -4.24. The summed E-state index contributed by atoms with van der Waals surface area (Å²) >= 11 is 0. The van der Waals surface area contributed by atoms with E-state index in [2.05, 4.69) is 20.8 Å². The molecule has 6 nitrogen and oxygen atoms in total. The Morgan fingerprint density at radius 1 is 1.13 bits per heavy atom. The molecule has 0 saturated heterocycles. The van der Waals surface area contributed by atoms with Crippen molar-refractivity contribution in [3.8, 4) is 0 Å². The molecule has 1 aromatic rings. The average molecular weight is 357 g/mol. The van der Waals surface area contributed by atoms with E-state index in [4.69, 9.17) is 10.2 Å². The Balaban J connectivity index is 2.55. The lowest BCUT2D eigenvalue weighted by molar-refractivity contribution is -0.151. The summed E-state index contributed by atoms with van der Waals surface area (Å²) in [7, 11) is 2.61. The molecule has 0 fully saturated rings. The number of aliphatic carboxylic acids is 2. The van der Waals surface area contributed by atoms with Crippen molar-refractivity contribution >= 4 is 39.4 Å². The lowest BCUT2D eigenvalue weighted by atomic mass is 9.87. The van der Waals surface area contributed by atoms with Crippen LogP contribution in [0.25, 0.3) is 0 Å². The van der Waals surface area contributed by atoms with Crippen LogP contribution in [0.4, 0.5) is 0 Å². The van der Waals surface area contributed by atoms with Crippen molar-refractivity contribution in [2.75, 3.05) is 5.75 Å². The van der Waals surface area contributed by atoms with Crippen molar-refractivity contribution in [3.63, 3.8) is 0 Å². The molecule has 8 heteroatoms. The summed E-state index contributed by atoms with van der Waals surface area (Å²) in [4.78, 5) is 33.5. The lowest BCUT2D eigenvalue weighted by Gasteiger charge is -2.19. The molecule has 23 heavy (non-hydrogen) atoms. The largest absolute Gasteiger partial charge is 0.480 e. The molecule has 126 valence electrons. The molecule has 0 aliphatic heterocycles. The minimum Gasteiger partial charge on any atom is -0.480 e. The third kappa shape index (κ3) is 6.54. The minimum absolute atomic E-state index is 0.0556. The predicted octanol–water partition coefficient (Wildman–Crippen LogP) is 2.38. The molecule has 0 bridgehead atoms. The summed E-state index contributed by atoms with van der Waals surface area (Å²) in [6.07, 6.45) is 0. The first kappa shape index (κ1) is 19.4. The second kappa shape index (κ2) is 8.26. The van der Waals surface area contributed by atoms with Crippen molar-refractivity contribution in [2.24, 2.45) is 0 Å². The van der Waals surface area contributed by atoms with Crippen molar-refractivity contribution < 1.29 is 24.6 Å². The zero-order valence-corrected chi connectivity index (χ0v) is 14.7. The van der Waals surface area contributed by atoms with Gasteiger partial charge in [0, 0.05) is 10.6 Å². The highest BCUT2D eigenvalue weighted by molar-refractivity contribution is 8.76. The Hall–Kier alpha value is -1.67. The van der Waals surface area contributed by atoms with Crippen molar-refractivity contribution in [2.45, 2.75) is 37.1 Å². The molecule has 0 radical (unpaired) electrons. The van der Waals surface area contributed by atoms with Gasteiger partial charge >= 0.3 is 17.8 Å². The van der Waals surface area contributed by atoms with Crippen LogP contribution in [0.5, 0.6) is 0 Å². The molecule has 1 atom stereocenters. The number of amides is 1. The molecule has 0 unspecified atom stereocenters. The van der Waals surface area contributed by atoms with Gasteiger partial charge in [0.1, 0.15) is 6.04 Å². The van der Waals surface area contributed by atoms with Gasteiger partial charge in [0.25, 0.3) is 0 Å². The van der Waals surface area contributed by atoms with Crippen LogP contribution in [0.3, 0.4) is 0 Å². The Kier molecular flexibility index (Phi) is 6.96. The van der Waals surface area contributed by atoms with Gasteiger partial charge in [0.2, 0.25) is 0 Å². The average Bonchev–Trinajstić information content (AvgIpc) is 2.45. The fourth-order valence-corrected chi connectivity index (χ4v) is 3.74. The maximum Gasteiger partial charge on any atom is 0.394 e. The number of carbonyl (C=O) groups is 3. The van der Waals surface area contributed by atoms with Gasteiger partial charge in [-0.2, -0.15) is 0 Å². The van der Waals surface area contributed by atoms with Gasteiger partial charge in [0.05, 0.1) is 0 Å². The number of carboxylic acids is 2. The Labute approximate surface area is 142 Å². The zero-order valence-electron chi connectivity index (χ0n) is 13.0. The second-order valence-corrected chi connectivity index (χ2v) is 8.23. The Morgan fingerprint density at radius 2 is 1.70 bits per heavy atom. The highest BCUT2D eigenvalue weighted by atomic mass is 33.1. The third-order valence-corrected chi connectivity index (χ3v) is 5.30. The van der Waals surface area contributed by atoms with Crippen LogP contribution in [0, 0.1) is 0 Å². The van der Waals surface area contributed by atoms with E-state index in [-0.39, 0.29) is 11.2 Å². The third-order valence-electron chi connectivity index (χ3n) is 2.91. The number of carboxylic acid groups (broad SMARTS) is 2. The fraction of sp³-hybridized carbons (Fsp3) is 0.400. The number of rotatable bonds is 6. The first-order valence-corrected chi connectivity index (χ1v) is 9.09. The van der Waals surface area contributed by atoms with Crippen LogP contribution in [-0.4, -0.2) is 39.9 Å². The molecular weight excluding hydrogens is 338 g/mol. The number of hydrogen-bond acceptors (Lipinski definition) is 5. The predicted molar refractivity (Wildman–Crippen MR) is 90.7 cm³/mol. The van der Waals surface area contributed by atoms with Gasteiger partial charge in [-0.15, -0.1) is 0 Å². The normalized spacial score (nSPS) is 12.5. The lowest BCUT2D eigenvalue weighted by Crippen LogP contribution is -2.45. The van der Waals surface area contributed by atoms with Crippen LogP contribution >= 0.6 is 21.6 Å². The number of hydrogen-bond donors (Lipinski definition) is 3. The molecule has 0 spiro atoms. The van der Waals surface area contributed by atoms with Gasteiger partial charge in [-0.05, 0) is 23.1 Å².